The van der Waals surface area contributed by atoms with Crippen LogP contribution in [0.25, 0.3) is 0 Å². The molecule has 10 nitrogen and oxygen atoms in total. The molecule has 0 saturated carbocycles. The molecule has 0 fully saturated rings. The van der Waals surface area contributed by atoms with Crippen molar-refractivity contribution in [3.8, 4) is 23.0 Å². The van der Waals surface area contributed by atoms with Gasteiger partial charge in [0.1, 0.15) is 0 Å². The van der Waals surface area contributed by atoms with Gasteiger partial charge in [-0.1, -0.05) is 18.5 Å². The average molecular weight is 603 g/mol. The van der Waals surface area contributed by atoms with Gasteiger partial charge >= 0.3 is 5.97 Å². The highest BCUT2D eigenvalue weighted by Gasteiger charge is 2.29. The highest BCUT2D eigenvalue weighted by molar-refractivity contribution is 6.33. The second-order valence-corrected chi connectivity index (χ2v) is 10.6. The van der Waals surface area contributed by atoms with Crippen molar-refractivity contribution in [1.29, 1.82) is 0 Å². The van der Waals surface area contributed by atoms with Crippen LogP contribution in [0.3, 0.4) is 0 Å². The summed E-state index contributed by atoms with van der Waals surface area (Å²) in [5.41, 5.74) is 3.83. The van der Waals surface area contributed by atoms with Gasteiger partial charge in [-0.3, -0.25) is 14.4 Å². The molecule has 4 rings (SSSR count). The first kappa shape index (κ1) is 31.3. The maximum absolute atomic E-state index is 12.6. The SMILES string of the molecule is CCCC(=O)N1Cc2cc(OC)c(OCCCOc3cc4c(cc3OC)CN(C(=O)CCC(=O)OCC)C4)c(Cl)c2C1. The maximum atomic E-state index is 12.6. The predicted molar refractivity (Wildman–Crippen MR) is 156 cm³/mol. The Labute approximate surface area is 251 Å². The molecule has 0 spiro atoms. The number of hydrogen-bond donors (Lipinski definition) is 0. The van der Waals surface area contributed by atoms with Crippen molar-refractivity contribution in [2.24, 2.45) is 0 Å². The van der Waals surface area contributed by atoms with Crippen LogP contribution in [0.5, 0.6) is 23.0 Å². The number of halogens is 1. The van der Waals surface area contributed by atoms with Crippen LogP contribution in [0.15, 0.2) is 18.2 Å². The van der Waals surface area contributed by atoms with E-state index >= 15 is 0 Å². The molecule has 0 aliphatic carbocycles. The minimum atomic E-state index is -0.369. The number of hydrogen-bond acceptors (Lipinski definition) is 8. The number of esters is 1. The van der Waals surface area contributed by atoms with Crippen molar-refractivity contribution in [3.63, 3.8) is 0 Å². The van der Waals surface area contributed by atoms with Crippen LogP contribution >= 0.6 is 11.6 Å². The molecule has 0 atom stereocenters. The molecule has 2 amide bonds. The molecule has 2 heterocycles. The van der Waals surface area contributed by atoms with E-state index < -0.39 is 0 Å². The number of rotatable bonds is 14. The fourth-order valence-electron chi connectivity index (χ4n) is 5.17. The molecule has 0 N–H and O–H groups in total. The van der Waals surface area contributed by atoms with Gasteiger partial charge in [0.05, 0.1) is 45.5 Å². The number of benzene rings is 2. The van der Waals surface area contributed by atoms with Crippen LogP contribution in [-0.4, -0.2) is 61.6 Å². The minimum Gasteiger partial charge on any atom is -0.493 e. The van der Waals surface area contributed by atoms with Crippen molar-refractivity contribution in [2.75, 3.05) is 34.0 Å². The van der Waals surface area contributed by atoms with Crippen LogP contribution in [0.1, 0.15) is 68.2 Å². The van der Waals surface area contributed by atoms with Crippen molar-refractivity contribution >= 4 is 29.4 Å². The van der Waals surface area contributed by atoms with Gasteiger partial charge in [0.25, 0.3) is 0 Å². The first-order valence-corrected chi connectivity index (χ1v) is 14.7. The molecular formula is C31H39ClN2O8. The Morgan fingerprint density at radius 3 is 2.02 bits per heavy atom. The Bertz CT molecular complexity index is 1310. The van der Waals surface area contributed by atoms with Gasteiger partial charge in [-0.25, -0.2) is 0 Å². The van der Waals surface area contributed by atoms with Crippen LogP contribution in [-0.2, 0) is 45.3 Å². The van der Waals surface area contributed by atoms with Crippen molar-refractivity contribution in [3.05, 3.63) is 45.5 Å². The van der Waals surface area contributed by atoms with Gasteiger partial charge in [-0.2, -0.15) is 0 Å². The van der Waals surface area contributed by atoms with Gasteiger partial charge in [0, 0.05) is 45.4 Å². The number of carbonyl (C=O) groups is 3. The van der Waals surface area contributed by atoms with Crippen molar-refractivity contribution < 1.29 is 38.1 Å². The number of nitrogens with zero attached hydrogens (tertiary/aromatic N) is 2. The molecule has 2 aromatic rings. The van der Waals surface area contributed by atoms with Crippen LogP contribution in [0.2, 0.25) is 5.02 Å². The minimum absolute atomic E-state index is 0.0683. The lowest BCUT2D eigenvalue weighted by Crippen LogP contribution is -2.25. The van der Waals surface area contributed by atoms with Gasteiger partial charge in [0.15, 0.2) is 23.0 Å². The number of fused-ring (bicyclic) bond motifs is 2. The number of methoxy groups -OCH3 is 2. The van der Waals surface area contributed by atoms with E-state index in [9.17, 15) is 14.4 Å². The summed E-state index contributed by atoms with van der Waals surface area (Å²) in [6, 6.07) is 5.69. The monoisotopic (exact) mass is 602 g/mol. The van der Waals surface area contributed by atoms with E-state index in [1.807, 2.05) is 25.1 Å². The topological polar surface area (TPSA) is 104 Å². The molecule has 2 aliphatic rings. The standard InChI is InChI=1S/C31H39ClN2O8/c1-5-8-27(35)34-18-22-15-26(39-4)31(30(32)23(22)19-34)42-12-7-11-41-25-14-21-17-33(16-20(21)13-24(25)38-3)28(36)9-10-29(37)40-6-2/h13-15H,5-12,16-19H2,1-4H3. The Hall–Kier alpha value is -3.66. The van der Waals surface area contributed by atoms with E-state index in [2.05, 4.69) is 0 Å². The molecule has 0 unspecified atom stereocenters. The lowest BCUT2D eigenvalue weighted by Gasteiger charge is -2.16. The van der Waals surface area contributed by atoms with Gasteiger partial charge in [-0.15, -0.1) is 0 Å². The second kappa shape index (κ2) is 14.5. The zero-order valence-corrected chi connectivity index (χ0v) is 25.5. The summed E-state index contributed by atoms with van der Waals surface area (Å²) in [6.45, 7) is 6.60. The molecule has 2 aromatic carbocycles. The average Bonchev–Trinajstić information content (AvgIpc) is 3.61. The van der Waals surface area contributed by atoms with Crippen LogP contribution < -0.4 is 18.9 Å². The van der Waals surface area contributed by atoms with Crippen molar-refractivity contribution in [2.45, 2.75) is 72.1 Å². The molecular weight excluding hydrogens is 564 g/mol. The number of amides is 2. The highest BCUT2D eigenvalue weighted by Crippen LogP contribution is 2.43. The normalized spacial score (nSPS) is 13.5. The molecule has 0 radical (unpaired) electrons. The maximum Gasteiger partial charge on any atom is 0.306 e. The molecule has 0 bridgehead atoms. The van der Waals surface area contributed by atoms with Gasteiger partial charge in [-0.05, 0) is 53.8 Å². The summed E-state index contributed by atoms with van der Waals surface area (Å²) < 4.78 is 28.1. The third-order valence-electron chi connectivity index (χ3n) is 7.33. The largest absolute Gasteiger partial charge is 0.493 e. The fraction of sp³-hybridized carbons (Fsp3) is 0.516. The second-order valence-electron chi connectivity index (χ2n) is 10.2. The van der Waals surface area contributed by atoms with Crippen LogP contribution in [0.4, 0.5) is 0 Å². The van der Waals surface area contributed by atoms with E-state index in [0.29, 0.717) is 86.9 Å². The third-order valence-corrected chi connectivity index (χ3v) is 7.73. The summed E-state index contributed by atoms with van der Waals surface area (Å²) in [7, 11) is 3.15. The summed E-state index contributed by atoms with van der Waals surface area (Å²) in [6.07, 6.45) is 2.05. The van der Waals surface area contributed by atoms with Crippen LogP contribution in [0, 0.1) is 0 Å². The van der Waals surface area contributed by atoms with E-state index in [4.69, 9.17) is 35.3 Å². The highest BCUT2D eigenvalue weighted by atomic mass is 35.5. The van der Waals surface area contributed by atoms with E-state index in [0.717, 1.165) is 28.7 Å². The molecule has 42 heavy (non-hydrogen) atoms. The Balaban J connectivity index is 1.31. The lowest BCUT2D eigenvalue weighted by atomic mass is 10.1. The number of carbonyl (C=O) groups excluding carboxylic acids is 3. The molecule has 228 valence electrons. The fourth-order valence-corrected chi connectivity index (χ4v) is 5.49. The first-order chi connectivity index (χ1) is 20.3. The third kappa shape index (κ3) is 7.21. The summed E-state index contributed by atoms with van der Waals surface area (Å²) in [4.78, 5) is 40.2. The molecule has 2 aliphatic heterocycles. The van der Waals surface area contributed by atoms with Crippen molar-refractivity contribution in [1.82, 2.24) is 9.80 Å². The first-order valence-electron chi connectivity index (χ1n) is 14.3. The van der Waals surface area contributed by atoms with E-state index in [1.165, 1.54) is 0 Å². The number of ether oxygens (including phenoxy) is 5. The molecule has 11 heteroatoms. The molecule has 0 aromatic heterocycles. The lowest BCUT2D eigenvalue weighted by molar-refractivity contribution is -0.145. The Kier molecular flexibility index (Phi) is 10.8. The zero-order chi connectivity index (χ0) is 30.2. The summed E-state index contributed by atoms with van der Waals surface area (Å²) in [5.74, 6) is 1.81. The van der Waals surface area contributed by atoms with E-state index in [-0.39, 0.29) is 30.6 Å². The quantitative estimate of drug-likeness (QED) is 0.219. The summed E-state index contributed by atoms with van der Waals surface area (Å²) >= 11 is 6.73. The van der Waals surface area contributed by atoms with Gasteiger partial charge < -0.3 is 33.5 Å². The Morgan fingerprint density at radius 2 is 1.36 bits per heavy atom. The van der Waals surface area contributed by atoms with Gasteiger partial charge in [0.2, 0.25) is 11.8 Å². The zero-order valence-electron chi connectivity index (χ0n) is 24.8. The molecule has 0 saturated heterocycles. The smallest absolute Gasteiger partial charge is 0.306 e. The Morgan fingerprint density at radius 1 is 0.762 bits per heavy atom. The van der Waals surface area contributed by atoms with E-state index in [1.54, 1.807) is 30.9 Å². The predicted octanol–water partition coefficient (Wildman–Crippen LogP) is 5.03. The summed E-state index contributed by atoms with van der Waals surface area (Å²) in [5, 5.41) is 0.471.